The van der Waals surface area contributed by atoms with Crippen molar-refractivity contribution in [2.45, 2.75) is 0 Å². The van der Waals surface area contributed by atoms with Crippen molar-refractivity contribution in [2.24, 2.45) is 0 Å². The molecule has 0 fully saturated rings. The zero-order valence-electron chi connectivity index (χ0n) is 65.8. The molecule has 0 radical (unpaired) electrons. The van der Waals surface area contributed by atoms with Gasteiger partial charge in [0.15, 0.2) is 0 Å². The van der Waals surface area contributed by atoms with E-state index in [1.807, 2.05) is 47.1 Å². The molecule has 0 saturated carbocycles. The number of benzene rings is 16. The van der Waals surface area contributed by atoms with Gasteiger partial charge in [0.2, 0.25) is 0 Å². The molecular weight excluding hydrogens is 1560 g/mol. The molecule has 0 amide bonds. The van der Waals surface area contributed by atoms with Crippen molar-refractivity contribution in [1.82, 2.24) is 39.1 Å². The normalized spacial score (nSPS) is 10.9. The fourth-order valence-electron chi connectivity index (χ4n) is 15.9. The summed E-state index contributed by atoms with van der Waals surface area (Å²) in [5, 5.41) is 21.6. The van der Waals surface area contributed by atoms with Gasteiger partial charge in [-0.1, -0.05) is 364 Å². The average molecular weight is 1640 g/mol. The summed E-state index contributed by atoms with van der Waals surface area (Å²) in [5.74, 6) is 0. The van der Waals surface area contributed by atoms with Gasteiger partial charge in [-0.25, -0.2) is 18.7 Å². The number of hydrogen-bond acceptors (Lipinski definition) is 6. The molecule has 20 aromatic rings. The Balaban J connectivity index is 0.000000269. The second-order valence-electron chi connectivity index (χ2n) is 28.8. The molecule has 16 aromatic carbocycles. The summed E-state index contributed by atoms with van der Waals surface area (Å²) in [7, 11) is 0. The number of nitrogen functional groups attached to an aromatic ring is 1. The van der Waals surface area contributed by atoms with E-state index < -0.39 is 0 Å². The molecule has 0 saturated heterocycles. The van der Waals surface area contributed by atoms with Crippen molar-refractivity contribution in [2.75, 3.05) is 10.6 Å². The maximum absolute atomic E-state index is 5.94. The molecule has 0 aliphatic carbocycles. The predicted molar refractivity (Wildman–Crippen MR) is 492 cm³/mol. The minimum atomic E-state index is 0. The molecule has 0 spiro atoms. The zero-order valence-corrected chi connectivity index (χ0v) is 67.4. The standard InChI is InChI=1S/C81H57N7.C27H21N3.CH3.Pd/c1-10-28-58(29-11-1)73-76(61-34-16-4-17-35-61)82-86(79(73)64-40-22-7-23-41-64)70-52-46-67(47-53-70)85(68-48-54-71(55-49-68)87-80(65-42-24-8-25-43-65)74(59-30-12-2-13-31-59)77(83-87)62-36-18-5-19-37-62)69-50-56-72(57-51-69)88-81(66-44-26-9-27-45-66)75(60-32-14-3-15-33-60)78(84-88)63-38-20-6-21-39-63;28-23-16-18-24(19-17-23)30-27(22-14-8-3-9-15-22)25(20-10-4-1-5-11-20)26(29-30)21-12-6-2-7-13-21;;/h1-57H;1-19H,28H2;1H3;/q;;-1;. The van der Waals surface area contributed by atoms with Crippen LogP contribution < -0.4 is 10.6 Å². The molecular formula is C109H81N10Pd-. The van der Waals surface area contributed by atoms with Crippen molar-refractivity contribution in [3.8, 4) is 157 Å². The van der Waals surface area contributed by atoms with Gasteiger partial charge in [0, 0.05) is 110 Å². The monoisotopic (exact) mass is 1640 g/mol. The first-order valence-corrected chi connectivity index (χ1v) is 39.7. The minimum Gasteiger partial charge on any atom is -0.399 e. The number of anilines is 4. The Bertz CT molecular complexity index is 6240. The van der Waals surface area contributed by atoms with Gasteiger partial charge in [-0.15, -0.1) is 0 Å². The number of nitrogens with zero attached hydrogens (tertiary/aromatic N) is 9. The SMILES string of the molecule is Nc1ccc(-n2nc(-c3ccccc3)c(-c3ccccc3)c2-c2ccccc2)cc1.[CH3-].[Pd].c1ccc(-c2nn(-c3ccc(N(c4ccc(-n5nc(-c6ccccc6)c(-c6ccccc6)c5-c5ccccc5)cc4)c4ccc(-n5nc(-c6ccccc6)c(-c6ccccc6)c5-c5ccccc5)cc4)cc3)c(-c3ccccc3)c2-c2ccccc2)cc1. The van der Waals surface area contributed by atoms with Gasteiger partial charge in [0.1, 0.15) is 22.8 Å². The molecule has 2 N–H and O–H groups in total. The number of rotatable bonds is 19. The largest absolute Gasteiger partial charge is 0.399 e. The van der Waals surface area contributed by atoms with Crippen LogP contribution in [0.4, 0.5) is 22.7 Å². The second-order valence-corrected chi connectivity index (χ2v) is 28.8. The van der Waals surface area contributed by atoms with Gasteiger partial charge in [-0.05, 0) is 119 Å². The van der Waals surface area contributed by atoms with E-state index in [2.05, 4.69) is 438 Å². The summed E-state index contributed by atoms with van der Waals surface area (Å²) in [6.07, 6.45) is 0. The minimum absolute atomic E-state index is 0. The Kier molecular flexibility index (Phi) is 22.8. The first-order chi connectivity index (χ1) is 58.5. The summed E-state index contributed by atoms with van der Waals surface area (Å²) in [6.45, 7) is 0. The molecule has 11 heteroatoms. The van der Waals surface area contributed by atoms with E-state index in [9.17, 15) is 0 Å². The molecule has 0 aliphatic rings. The smallest absolute Gasteiger partial charge is 0.101 e. The Morgan fingerprint density at radius 1 is 0.175 bits per heavy atom. The zero-order chi connectivity index (χ0) is 78.9. The Morgan fingerprint density at radius 3 is 0.500 bits per heavy atom. The third-order valence-electron chi connectivity index (χ3n) is 21.4. The quantitative estimate of drug-likeness (QED) is 0.0492. The molecule has 120 heavy (non-hydrogen) atoms. The van der Waals surface area contributed by atoms with E-state index in [0.29, 0.717) is 0 Å². The van der Waals surface area contributed by atoms with E-state index in [-0.39, 0.29) is 27.8 Å². The van der Waals surface area contributed by atoms with Crippen LogP contribution in [0, 0.1) is 7.43 Å². The second kappa shape index (κ2) is 35.4. The first-order valence-electron chi connectivity index (χ1n) is 39.7. The van der Waals surface area contributed by atoms with Crippen LogP contribution in [0.3, 0.4) is 0 Å². The van der Waals surface area contributed by atoms with Crippen LogP contribution in [0.1, 0.15) is 0 Å². The topological polar surface area (TPSA) is 101 Å². The van der Waals surface area contributed by atoms with Crippen LogP contribution in [0.25, 0.3) is 157 Å². The van der Waals surface area contributed by atoms with Crippen LogP contribution in [-0.4, -0.2) is 39.1 Å². The van der Waals surface area contributed by atoms with Crippen LogP contribution in [0.2, 0.25) is 0 Å². The average Bonchev–Trinajstić information content (AvgIpc) is 1.60. The molecule has 20 rings (SSSR count). The summed E-state index contributed by atoms with van der Waals surface area (Å²) >= 11 is 0. The van der Waals surface area contributed by atoms with E-state index >= 15 is 0 Å². The van der Waals surface area contributed by atoms with Gasteiger partial charge in [-0.3, -0.25) is 0 Å². The summed E-state index contributed by atoms with van der Waals surface area (Å²) in [4.78, 5) is 2.32. The van der Waals surface area contributed by atoms with E-state index in [1.54, 1.807) is 0 Å². The van der Waals surface area contributed by atoms with Crippen LogP contribution in [0.5, 0.6) is 0 Å². The number of aromatic nitrogens is 8. The summed E-state index contributed by atoms with van der Waals surface area (Å²) in [6, 6.07) is 161. The first kappa shape index (κ1) is 77.2. The van der Waals surface area contributed by atoms with Crippen molar-refractivity contribution in [3.63, 3.8) is 0 Å². The van der Waals surface area contributed by atoms with Crippen molar-refractivity contribution in [3.05, 3.63) is 468 Å². The molecule has 0 bridgehead atoms. The Labute approximate surface area is 713 Å². The molecule has 4 heterocycles. The Hall–Kier alpha value is -15.4. The number of nitrogens with two attached hydrogens (primary N) is 1. The van der Waals surface area contributed by atoms with Crippen LogP contribution in [0.15, 0.2) is 461 Å². The number of hydrogen-bond donors (Lipinski definition) is 1. The van der Waals surface area contributed by atoms with Gasteiger partial charge >= 0.3 is 0 Å². The molecule has 0 unspecified atom stereocenters. The van der Waals surface area contributed by atoms with Gasteiger partial charge in [-0.2, -0.15) is 20.4 Å². The summed E-state index contributed by atoms with van der Waals surface area (Å²) < 4.78 is 8.36. The van der Waals surface area contributed by atoms with E-state index in [4.69, 9.17) is 26.1 Å². The third kappa shape index (κ3) is 15.6. The third-order valence-corrected chi connectivity index (χ3v) is 21.4. The van der Waals surface area contributed by atoms with E-state index in [0.717, 1.165) is 180 Å². The maximum atomic E-state index is 5.94. The fourth-order valence-corrected chi connectivity index (χ4v) is 15.9. The molecule has 10 nitrogen and oxygen atoms in total. The van der Waals surface area contributed by atoms with Crippen molar-refractivity contribution < 1.29 is 20.4 Å². The fraction of sp³-hybridized carbons (Fsp3) is 0. The molecule has 578 valence electrons. The maximum Gasteiger partial charge on any atom is 0.101 e. The van der Waals surface area contributed by atoms with Gasteiger partial charge in [0.25, 0.3) is 0 Å². The Morgan fingerprint density at radius 2 is 0.325 bits per heavy atom. The van der Waals surface area contributed by atoms with Crippen LogP contribution >= 0.6 is 0 Å². The van der Waals surface area contributed by atoms with Crippen molar-refractivity contribution in [1.29, 1.82) is 0 Å². The van der Waals surface area contributed by atoms with Gasteiger partial charge in [0.05, 0.1) is 45.5 Å². The van der Waals surface area contributed by atoms with E-state index in [1.165, 1.54) is 0 Å². The van der Waals surface area contributed by atoms with Crippen molar-refractivity contribution >= 4 is 22.7 Å². The predicted octanol–water partition coefficient (Wildman–Crippen LogP) is 27.6. The summed E-state index contributed by atoms with van der Waals surface area (Å²) in [5.41, 5.74) is 38.4. The molecule has 0 aliphatic heterocycles. The van der Waals surface area contributed by atoms with Crippen LogP contribution in [-0.2, 0) is 20.4 Å². The van der Waals surface area contributed by atoms with Gasteiger partial charge < -0.3 is 18.1 Å². The molecule has 4 aromatic heterocycles. The molecule has 0 atom stereocenters.